The van der Waals surface area contributed by atoms with Crippen LogP contribution in [0, 0.1) is 6.92 Å². The van der Waals surface area contributed by atoms with E-state index in [4.69, 9.17) is 4.74 Å². The smallest absolute Gasteiger partial charge is 0.279 e. The molecule has 2 rings (SSSR count). The fourth-order valence-electron chi connectivity index (χ4n) is 3.04. The molecule has 0 unspecified atom stereocenters. The second-order valence-corrected chi connectivity index (χ2v) is 8.56. The highest BCUT2D eigenvalue weighted by Gasteiger charge is 2.22. The summed E-state index contributed by atoms with van der Waals surface area (Å²) in [7, 11) is -1.96. The van der Waals surface area contributed by atoms with Gasteiger partial charge < -0.3 is 15.4 Å². The van der Waals surface area contributed by atoms with Crippen molar-refractivity contribution in [3.8, 4) is 5.75 Å². The van der Waals surface area contributed by atoms with Gasteiger partial charge in [-0.3, -0.25) is 4.79 Å². The van der Waals surface area contributed by atoms with Crippen molar-refractivity contribution >= 4 is 21.6 Å². The predicted octanol–water partition coefficient (Wildman–Crippen LogP) is 1.74. The van der Waals surface area contributed by atoms with E-state index in [0.29, 0.717) is 25.3 Å². The number of hydrogen-bond donors (Lipinski definition) is 2. The van der Waals surface area contributed by atoms with Crippen molar-refractivity contribution in [2.24, 2.45) is 0 Å². The molecule has 3 N–H and O–H groups in total. The second kappa shape index (κ2) is 10.4. The largest absolute Gasteiger partial charge is 0.496 e. The highest BCUT2D eigenvalue weighted by molar-refractivity contribution is 7.89. The van der Waals surface area contributed by atoms with Crippen LogP contribution >= 0.6 is 0 Å². The number of rotatable bonds is 10. The van der Waals surface area contributed by atoms with Gasteiger partial charge in [-0.25, -0.2) is 8.42 Å². The van der Waals surface area contributed by atoms with Gasteiger partial charge in [0.15, 0.2) is 6.54 Å². The van der Waals surface area contributed by atoms with Crippen LogP contribution in [0.1, 0.15) is 25.0 Å². The maximum atomic E-state index is 12.7. The van der Waals surface area contributed by atoms with Gasteiger partial charge >= 0.3 is 0 Å². The molecule has 0 radical (unpaired) electrons. The molecule has 0 saturated heterocycles. The van der Waals surface area contributed by atoms with Gasteiger partial charge in [-0.05, 0) is 36.8 Å². The van der Waals surface area contributed by atoms with E-state index in [1.165, 1.54) is 10.4 Å². The molecular formula is C21H30N3O4S+. The van der Waals surface area contributed by atoms with Crippen LogP contribution in [0.3, 0.4) is 0 Å². The molecule has 0 bridgehead atoms. The van der Waals surface area contributed by atoms with E-state index in [1.54, 1.807) is 33.1 Å². The Balaban J connectivity index is 2.05. The summed E-state index contributed by atoms with van der Waals surface area (Å²) in [6.07, 6.45) is 0. The van der Waals surface area contributed by atoms with Gasteiger partial charge in [0.2, 0.25) is 10.0 Å². The van der Waals surface area contributed by atoms with Crippen molar-refractivity contribution in [1.82, 2.24) is 4.31 Å². The van der Waals surface area contributed by atoms with E-state index in [2.05, 4.69) is 5.32 Å². The summed E-state index contributed by atoms with van der Waals surface area (Å²) in [5.74, 6) is 0.592. The lowest BCUT2D eigenvalue weighted by Gasteiger charge is -2.19. The number of benzene rings is 2. The Hall–Kier alpha value is -2.42. The molecule has 0 spiro atoms. The lowest BCUT2D eigenvalue weighted by atomic mass is 10.2. The van der Waals surface area contributed by atoms with Gasteiger partial charge in [-0.1, -0.05) is 32.0 Å². The van der Waals surface area contributed by atoms with Gasteiger partial charge in [-0.15, -0.1) is 0 Å². The third-order valence-electron chi connectivity index (χ3n) is 4.71. The molecule has 1 amide bonds. The fraction of sp³-hybridized carbons (Fsp3) is 0.381. The van der Waals surface area contributed by atoms with Crippen LogP contribution in [-0.2, 0) is 21.4 Å². The lowest BCUT2D eigenvalue weighted by Crippen LogP contribution is -2.84. The lowest BCUT2D eigenvalue weighted by molar-refractivity contribution is -0.659. The number of carbonyl (C=O) groups excluding carboxylic acids is 1. The Morgan fingerprint density at radius 3 is 2.48 bits per heavy atom. The number of nitrogens with zero attached hydrogens (tertiary/aromatic N) is 1. The van der Waals surface area contributed by atoms with Gasteiger partial charge in [0.25, 0.3) is 5.91 Å². The molecular weight excluding hydrogens is 390 g/mol. The molecule has 8 heteroatoms. The summed E-state index contributed by atoms with van der Waals surface area (Å²) < 4.78 is 32.2. The molecule has 0 aliphatic heterocycles. The zero-order valence-corrected chi connectivity index (χ0v) is 18.3. The summed E-state index contributed by atoms with van der Waals surface area (Å²) in [4.78, 5) is 12.6. The number of aryl methyl sites for hydroxylation is 1. The standard InChI is InChI=1S/C21H29N3O4S/c1-5-24(6-2)29(26,27)18-12-11-16(3)19(13-18)23-21(25)15-22-14-17-9-7-8-10-20(17)28-4/h7-13,22H,5-6,14-15H2,1-4H3,(H,23,25)/p+1. The van der Waals surface area contributed by atoms with Crippen LogP contribution in [-0.4, -0.2) is 45.4 Å². The Kier molecular flexibility index (Phi) is 8.19. The topological polar surface area (TPSA) is 92.3 Å². The molecule has 0 aliphatic carbocycles. The number of nitrogens with one attached hydrogen (secondary N) is 1. The molecule has 0 saturated carbocycles. The van der Waals surface area contributed by atoms with Gasteiger partial charge in [0, 0.05) is 24.3 Å². The summed E-state index contributed by atoms with van der Waals surface area (Å²) in [5, 5.41) is 4.70. The quantitative estimate of drug-likeness (QED) is 0.612. The number of quaternary nitrogens is 1. The van der Waals surface area contributed by atoms with E-state index in [0.717, 1.165) is 16.9 Å². The van der Waals surface area contributed by atoms with Gasteiger partial charge in [0.1, 0.15) is 12.3 Å². The minimum atomic E-state index is -3.58. The van der Waals surface area contributed by atoms with Crippen LogP contribution in [0.15, 0.2) is 47.4 Å². The van der Waals surface area contributed by atoms with Crippen molar-refractivity contribution in [2.45, 2.75) is 32.2 Å². The molecule has 0 aromatic heterocycles. The summed E-state index contributed by atoms with van der Waals surface area (Å²) in [6, 6.07) is 12.5. The molecule has 0 heterocycles. The van der Waals surface area contributed by atoms with Crippen LogP contribution in [0.25, 0.3) is 0 Å². The number of nitrogens with two attached hydrogens (primary N) is 1. The Labute approximate surface area is 173 Å². The third kappa shape index (κ3) is 5.79. The minimum absolute atomic E-state index is 0.181. The van der Waals surface area contributed by atoms with E-state index in [1.807, 2.05) is 36.5 Å². The average molecular weight is 421 g/mol. The molecule has 2 aromatic carbocycles. The van der Waals surface area contributed by atoms with Crippen molar-refractivity contribution < 1.29 is 23.3 Å². The maximum Gasteiger partial charge on any atom is 0.279 e. The SMILES string of the molecule is CCN(CC)S(=O)(=O)c1ccc(C)c(NC(=O)C[NH2+]Cc2ccccc2OC)c1. The molecule has 158 valence electrons. The number of amides is 1. The number of carbonyl (C=O) groups is 1. The molecule has 0 fully saturated rings. The predicted molar refractivity (Wildman–Crippen MR) is 113 cm³/mol. The third-order valence-corrected chi connectivity index (χ3v) is 6.76. The monoisotopic (exact) mass is 420 g/mol. The number of sulfonamides is 1. The first-order valence-electron chi connectivity index (χ1n) is 9.67. The number of hydrogen-bond acceptors (Lipinski definition) is 4. The van der Waals surface area contributed by atoms with Crippen LogP contribution in [0.4, 0.5) is 5.69 Å². The first-order chi connectivity index (χ1) is 13.8. The van der Waals surface area contributed by atoms with E-state index in [9.17, 15) is 13.2 Å². The number of anilines is 1. The highest BCUT2D eigenvalue weighted by atomic mass is 32.2. The zero-order chi connectivity index (χ0) is 21.4. The summed E-state index contributed by atoms with van der Waals surface area (Å²) in [5.41, 5.74) is 2.32. The average Bonchev–Trinajstić information content (AvgIpc) is 2.70. The molecule has 2 aromatic rings. The minimum Gasteiger partial charge on any atom is -0.496 e. The molecule has 29 heavy (non-hydrogen) atoms. The van der Waals surface area contributed by atoms with Gasteiger partial charge in [0.05, 0.1) is 12.0 Å². The number of para-hydroxylation sites is 1. The Bertz CT molecular complexity index is 941. The van der Waals surface area contributed by atoms with Crippen molar-refractivity contribution in [3.05, 3.63) is 53.6 Å². The molecule has 0 aliphatic rings. The Morgan fingerprint density at radius 1 is 1.14 bits per heavy atom. The van der Waals surface area contributed by atoms with E-state index >= 15 is 0 Å². The summed E-state index contributed by atoms with van der Waals surface area (Å²) >= 11 is 0. The molecule has 7 nitrogen and oxygen atoms in total. The Morgan fingerprint density at radius 2 is 1.83 bits per heavy atom. The molecule has 0 atom stereocenters. The van der Waals surface area contributed by atoms with E-state index in [-0.39, 0.29) is 17.3 Å². The maximum absolute atomic E-state index is 12.7. The van der Waals surface area contributed by atoms with Crippen molar-refractivity contribution in [3.63, 3.8) is 0 Å². The number of methoxy groups -OCH3 is 1. The zero-order valence-electron chi connectivity index (χ0n) is 17.4. The fourth-order valence-corrected chi connectivity index (χ4v) is 4.53. The first-order valence-corrected chi connectivity index (χ1v) is 11.1. The normalized spacial score (nSPS) is 11.5. The first kappa shape index (κ1) is 22.9. The van der Waals surface area contributed by atoms with Crippen LogP contribution in [0.2, 0.25) is 0 Å². The van der Waals surface area contributed by atoms with Gasteiger partial charge in [-0.2, -0.15) is 4.31 Å². The number of ether oxygens (including phenoxy) is 1. The highest BCUT2D eigenvalue weighted by Crippen LogP contribution is 2.23. The summed E-state index contributed by atoms with van der Waals surface area (Å²) in [6.45, 7) is 7.04. The second-order valence-electron chi connectivity index (χ2n) is 6.62. The van der Waals surface area contributed by atoms with E-state index < -0.39 is 10.0 Å². The van der Waals surface area contributed by atoms with Crippen molar-refractivity contribution in [2.75, 3.05) is 32.1 Å². The van der Waals surface area contributed by atoms with Crippen molar-refractivity contribution in [1.29, 1.82) is 0 Å². The van der Waals surface area contributed by atoms with Crippen LogP contribution in [0.5, 0.6) is 5.75 Å². The van der Waals surface area contributed by atoms with Crippen LogP contribution < -0.4 is 15.4 Å².